The topological polar surface area (TPSA) is 98.3 Å². The molecular weight excluding hydrogens is 627 g/mol. The highest BCUT2D eigenvalue weighted by Crippen LogP contribution is 2.43. The number of nitrogens with two attached hydrogens (primary N) is 1. The van der Waals surface area contributed by atoms with Gasteiger partial charge in [0.15, 0.2) is 0 Å². The maximum absolute atomic E-state index is 13.4. The van der Waals surface area contributed by atoms with Crippen molar-refractivity contribution in [1.29, 1.82) is 0 Å². The molecule has 1 aliphatic heterocycles. The number of hydrogen-bond donors (Lipinski definition) is 1. The predicted molar refractivity (Wildman–Crippen MR) is 178 cm³/mol. The van der Waals surface area contributed by atoms with Gasteiger partial charge in [-0.05, 0) is 103 Å². The maximum atomic E-state index is 13.4. The van der Waals surface area contributed by atoms with Gasteiger partial charge >= 0.3 is 0 Å². The highest BCUT2D eigenvalue weighted by atomic mass is 35.5. The van der Waals surface area contributed by atoms with Crippen LogP contribution in [0.3, 0.4) is 0 Å². The van der Waals surface area contributed by atoms with Gasteiger partial charge in [-0.1, -0.05) is 53.5 Å². The third-order valence-corrected chi connectivity index (χ3v) is 11.4. The van der Waals surface area contributed by atoms with Crippen LogP contribution in [-0.4, -0.2) is 41.5 Å². The fourth-order valence-corrected chi connectivity index (χ4v) is 8.18. The molecule has 7 nitrogen and oxygen atoms in total. The minimum atomic E-state index is -3.70. The molecule has 2 fully saturated rings. The SMILES string of the molecule is NC(=O)c1ccc(S(=O)(=O)N2CCC(c3nn(C4CC4)c4ccc(C(c5ccc(Cl)cc5)c5ccc(Cl)cc5)cc34)CC2)cc1. The molecule has 5 aromatic rings. The van der Waals surface area contributed by atoms with Crippen LogP contribution in [0.15, 0.2) is 95.9 Å². The fraction of sp³-hybridized carbons (Fsp3) is 0.257. The van der Waals surface area contributed by atoms with Crippen molar-refractivity contribution in [2.45, 2.75) is 48.5 Å². The van der Waals surface area contributed by atoms with Gasteiger partial charge in [-0.2, -0.15) is 9.40 Å². The van der Waals surface area contributed by atoms with E-state index in [1.165, 1.54) is 28.6 Å². The lowest BCUT2D eigenvalue weighted by Crippen LogP contribution is -2.38. The third-order valence-electron chi connectivity index (χ3n) is 9.01. The van der Waals surface area contributed by atoms with Crippen LogP contribution in [0.1, 0.15) is 76.3 Å². The lowest BCUT2D eigenvalue weighted by atomic mass is 9.84. The van der Waals surface area contributed by atoms with E-state index >= 15 is 0 Å². The molecule has 2 N–H and O–H groups in total. The molecule has 2 aliphatic rings. The molecule has 10 heteroatoms. The Bertz CT molecular complexity index is 1930. The first-order chi connectivity index (χ1) is 21.7. The Kier molecular flexibility index (Phi) is 7.94. The second-order valence-corrected chi connectivity index (χ2v) is 14.8. The Morgan fingerprint density at radius 1 is 0.778 bits per heavy atom. The van der Waals surface area contributed by atoms with Crippen molar-refractivity contribution in [2.24, 2.45) is 5.73 Å². The molecule has 0 unspecified atom stereocenters. The van der Waals surface area contributed by atoms with E-state index < -0.39 is 15.9 Å². The lowest BCUT2D eigenvalue weighted by molar-refractivity contribution is 0.1000. The van der Waals surface area contributed by atoms with Crippen molar-refractivity contribution >= 4 is 50.0 Å². The summed E-state index contributed by atoms with van der Waals surface area (Å²) >= 11 is 12.5. The van der Waals surface area contributed by atoms with Crippen LogP contribution >= 0.6 is 23.2 Å². The summed E-state index contributed by atoms with van der Waals surface area (Å²) in [6.07, 6.45) is 3.55. The summed E-state index contributed by atoms with van der Waals surface area (Å²) < 4.78 is 30.6. The van der Waals surface area contributed by atoms with Crippen LogP contribution < -0.4 is 5.73 Å². The molecule has 0 radical (unpaired) electrons. The second-order valence-electron chi connectivity index (χ2n) is 11.9. The maximum Gasteiger partial charge on any atom is 0.248 e. The number of halogens is 2. The standard InChI is InChI=1S/C35H32Cl2N4O3S/c36-27-8-1-22(2-9-27)33(23-3-10-28(37)11-4-23)26-7-16-32-31(21-26)34(39-41(32)29-12-13-29)24-17-19-40(20-18-24)45(43,44)30-14-5-25(6-15-30)35(38)42/h1-11,14-16,21,24,29,33H,12-13,17-20H2,(H2,38,42). The van der Waals surface area contributed by atoms with Crippen LogP contribution in [0.25, 0.3) is 10.9 Å². The van der Waals surface area contributed by atoms with Gasteiger partial charge < -0.3 is 5.73 Å². The number of carbonyl (C=O) groups excluding carboxylic acids is 1. The summed E-state index contributed by atoms with van der Waals surface area (Å²) in [5, 5.41) is 7.68. The molecule has 4 aromatic carbocycles. The highest BCUT2D eigenvalue weighted by Gasteiger charge is 2.34. The number of fused-ring (bicyclic) bond motifs is 1. The van der Waals surface area contributed by atoms with Crippen LogP contribution in [0.4, 0.5) is 0 Å². The number of primary amides is 1. The van der Waals surface area contributed by atoms with Crippen LogP contribution in [0.2, 0.25) is 10.0 Å². The number of sulfonamides is 1. The summed E-state index contributed by atoms with van der Waals surface area (Å²) in [7, 11) is -3.70. The zero-order valence-electron chi connectivity index (χ0n) is 24.4. The highest BCUT2D eigenvalue weighted by molar-refractivity contribution is 7.89. The van der Waals surface area contributed by atoms with E-state index in [4.69, 9.17) is 34.0 Å². The minimum Gasteiger partial charge on any atom is -0.366 e. The monoisotopic (exact) mass is 658 g/mol. The number of carbonyl (C=O) groups is 1. The van der Waals surface area contributed by atoms with Gasteiger partial charge in [-0.25, -0.2) is 8.42 Å². The number of rotatable bonds is 8. The van der Waals surface area contributed by atoms with Gasteiger partial charge in [0.2, 0.25) is 15.9 Å². The van der Waals surface area contributed by atoms with Crippen molar-refractivity contribution in [3.8, 4) is 0 Å². The molecule has 1 aromatic heterocycles. The summed E-state index contributed by atoms with van der Waals surface area (Å²) in [6, 6.07) is 28.8. The molecule has 1 saturated heterocycles. The fourth-order valence-electron chi connectivity index (χ4n) is 6.46. The molecule has 1 saturated carbocycles. The van der Waals surface area contributed by atoms with Crippen molar-refractivity contribution in [1.82, 2.24) is 14.1 Å². The van der Waals surface area contributed by atoms with E-state index in [0.29, 0.717) is 42.0 Å². The van der Waals surface area contributed by atoms with Crippen molar-refractivity contribution in [3.63, 3.8) is 0 Å². The molecule has 0 bridgehead atoms. The number of aromatic nitrogens is 2. The van der Waals surface area contributed by atoms with Gasteiger partial charge in [0, 0.05) is 45.9 Å². The van der Waals surface area contributed by atoms with E-state index in [1.807, 2.05) is 24.3 Å². The third kappa shape index (κ3) is 5.88. The summed E-state index contributed by atoms with van der Waals surface area (Å²) in [5.41, 5.74) is 11.2. The Hall–Kier alpha value is -3.69. The summed E-state index contributed by atoms with van der Waals surface area (Å²) in [6.45, 7) is 0.778. The second kappa shape index (κ2) is 11.9. The van der Waals surface area contributed by atoms with Crippen LogP contribution in [0, 0.1) is 0 Å². The molecule has 1 aliphatic carbocycles. The van der Waals surface area contributed by atoms with E-state index in [-0.39, 0.29) is 22.3 Å². The molecular formula is C35H32Cl2N4O3S. The molecule has 45 heavy (non-hydrogen) atoms. The quantitative estimate of drug-likeness (QED) is 0.174. The molecule has 1 amide bonds. The van der Waals surface area contributed by atoms with Gasteiger partial charge in [-0.3, -0.25) is 9.48 Å². The molecule has 7 rings (SSSR count). The van der Waals surface area contributed by atoms with Crippen LogP contribution in [-0.2, 0) is 10.0 Å². The van der Waals surface area contributed by atoms with Crippen molar-refractivity contribution < 1.29 is 13.2 Å². The smallest absolute Gasteiger partial charge is 0.248 e. The summed E-state index contributed by atoms with van der Waals surface area (Å²) in [5.74, 6) is -0.501. The molecule has 0 atom stereocenters. The zero-order valence-corrected chi connectivity index (χ0v) is 26.8. The zero-order chi connectivity index (χ0) is 31.3. The lowest BCUT2D eigenvalue weighted by Gasteiger charge is -2.30. The largest absolute Gasteiger partial charge is 0.366 e. The summed E-state index contributed by atoms with van der Waals surface area (Å²) in [4.78, 5) is 11.6. The first kappa shape index (κ1) is 30.0. The van der Waals surface area contributed by atoms with E-state index in [9.17, 15) is 13.2 Å². The average Bonchev–Trinajstić information content (AvgIpc) is 3.83. The first-order valence-corrected chi connectivity index (χ1v) is 17.3. The average molecular weight is 660 g/mol. The van der Waals surface area contributed by atoms with Gasteiger partial charge in [0.25, 0.3) is 0 Å². The number of benzene rings is 4. The minimum absolute atomic E-state index is 0.0333. The predicted octanol–water partition coefficient (Wildman–Crippen LogP) is 7.53. The van der Waals surface area contributed by atoms with E-state index in [1.54, 1.807) is 0 Å². The van der Waals surface area contributed by atoms with Gasteiger partial charge in [0.1, 0.15) is 0 Å². The van der Waals surface area contributed by atoms with E-state index in [0.717, 1.165) is 46.1 Å². The Morgan fingerprint density at radius 3 is 1.87 bits per heavy atom. The molecule has 0 spiro atoms. The first-order valence-electron chi connectivity index (χ1n) is 15.1. The number of hydrogen-bond acceptors (Lipinski definition) is 4. The molecule has 230 valence electrons. The number of nitrogens with zero attached hydrogens (tertiary/aromatic N) is 3. The Balaban J connectivity index is 1.22. The van der Waals surface area contributed by atoms with Gasteiger partial charge in [0.05, 0.1) is 22.1 Å². The Labute approximate surface area is 272 Å². The Morgan fingerprint density at radius 2 is 1.33 bits per heavy atom. The number of amides is 1. The normalized spacial score (nSPS) is 16.4. The van der Waals surface area contributed by atoms with Crippen LogP contribution in [0.5, 0.6) is 0 Å². The van der Waals surface area contributed by atoms with Crippen molar-refractivity contribution in [2.75, 3.05) is 13.1 Å². The van der Waals surface area contributed by atoms with Crippen molar-refractivity contribution in [3.05, 3.63) is 129 Å². The van der Waals surface area contributed by atoms with E-state index in [2.05, 4.69) is 47.1 Å². The number of piperidine rings is 1. The van der Waals surface area contributed by atoms with Gasteiger partial charge in [-0.15, -0.1) is 0 Å². The molecule has 2 heterocycles.